The second kappa shape index (κ2) is 4.12. The number of rotatable bonds is 2. The van der Waals surface area contributed by atoms with Gasteiger partial charge in [0.05, 0.1) is 0 Å². The lowest BCUT2D eigenvalue weighted by Gasteiger charge is -2.25. The lowest BCUT2D eigenvalue weighted by Crippen LogP contribution is -2.49. The van der Waals surface area contributed by atoms with Crippen molar-refractivity contribution in [3.63, 3.8) is 0 Å². The third-order valence-corrected chi connectivity index (χ3v) is 5.22. The summed E-state index contributed by atoms with van der Waals surface area (Å²) >= 11 is 0. The minimum absolute atomic E-state index is 0.162. The second-order valence-electron chi connectivity index (χ2n) is 6.99. The van der Waals surface area contributed by atoms with Gasteiger partial charge in [-0.15, -0.1) is 0 Å². The van der Waals surface area contributed by atoms with Gasteiger partial charge in [-0.3, -0.25) is 0 Å². The van der Waals surface area contributed by atoms with E-state index >= 15 is 0 Å². The Morgan fingerprint density at radius 2 is 2.00 bits per heavy atom. The molecule has 3 fully saturated rings. The Kier molecular flexibility index (Phi) is 2.76. The van der Waals surface area contributed by atoms with Gasteiger partial charge in [0, 0.05) is 12.6 Å². The number of likely N-dealkylation sites (tertiary alicyclic amines) is 1. The monoisotopic (exact) mass is 266 g/mol. The molecule has 2 saturated carbocycles. The Bertz CT molecular complexity index is 421. The van der Waals surface area contributed by atoms with Gasteiger partial charge in [0.2, 0.25) is 0 Å². The minimum atomic E-state index is -0.848. The second-order valence-corrected chi connectivity index (χ2v) is 6.99. The van der Waals surface area contributed by atoms with Crippen LogP contribution in [-0.2, 0) is 4.79 Å². The van der Waals surface area contributed by atoms with Gasteiger partial charge >= 0.3 is 12.0 Å². The highest BCUT2D eigenvalue weighted by Gasteiger charge is 2.52. The maximum atomic E-state index is 12.3. The van der Waals surface area contributed by atoms with E-state index in [0.717, 1.165) is 25.7 Å². The van der Waals surface area contributed by atoms with Crippen LogP contribution in [-0.4, -0.2) is 40.6 Å². The summed E-state index contributed by atoms with van der Waals surface area (Å²) in [7, 11) is 0. The van der Waals surface area contributed by atoms with E-state index in [1.54, 1.807) is 4.90 Å². The summed E-state index contributed by atoms with van der Waals surface area (Å²) < 4.78 is 0. The zero-order valence-electron chi connectivity index (χ0n) is 11.6. The normalized spacial score (nSPS) is 38.9. The Hall–Kier alpha value is -1.26. The summed E-state index contributed by atoms with van der Waals surface area (Å²) in [4.78, 5) is 25.3. The maximum Gasteiger partial charge on any atom is 0.326 e. The highest BCUT2D eigenvalue weighted by atomic mass is 16.4. The Morgan fingerprint density at radius 3 is 2.58 bits per heavy atom. The molecule has 106 valence electrons. The van der Waals surface area contributed by atoms with Gasteiger partial charge in [-0.2, -0.15) is 0 Å². The number of carbonyl (C=O) groups excluding carboxylic acids is 1. The number of carbonyl (C=O) groups is 2. The van der Waals surface area contributed by atoms with E-state index in [4.69, 9.17) is 0 Å². The number of nitrogens with one attached hydrogen (secondary N) is 1. The first kappa shape index (κ1) is 12.8. The van der Waals surface area contributed by atoms with E-state index < -0.39 is 12.0 Å². The number of carboxylic acid groups (broad SMARTS) is 1. The van der Waals surface area contributed by atoms with Crippen molar-refractivity contribution in [1.29, 1.82) is 0 Å². The van der Waals surface area contributed by atoms with E-state index in [1.165, 1.54) is 0 Å². The average Bonchev–Trinajstić information content (AvgIpc) is 2.68. The fraction of sp³-hybridized carbons (Fsp3) is 0.857. The molecule has 4 unspecified atom stereocenters. The van der Waals surface area contributed by atoms with Crippen molar-refractivity contribution in [2.24, 2.45) is 17.3 Å². The molecule has 3 aliphatic rings. The largest absolute Gasteiger partial charge is 0.480 e. The zero-order chi connectivity index (χ0) is 13.8. The molecule has 2 N–H and O–H groups in total. The summed E-state index contributed by atoms with van der Waals surface area (Å²) in [5, 5.41) is 12.4. The van der Waals surface area contributed by atoms with E-state index in [0.29, 0.717) is 12.5 Å². The minimum Gasteiger partial charge on any atom is -0.480 e. The van der Waals surface area contributed by atoms with Crippen LogP contribution in [0.1, 0.15) is 39.5 Å². The standard InChI is InChI=1S/C14H22N2O3/c1-14(2)6-10(14)15-13(19)16-7-8-4-3-5-9(8)11(16)12(17)18/h8-11H,3-7H2,1-2H3,(H,15,19)(H,17,18). The van der Waals surface area contributed by atoms with Gasteiger partial charge in [-0.25, -0.2) is 9.59 Å². The fourth-order valence-corrected chi connectivity index (χ4v) is 3.78. The van der Waals surface area contributed by atoms with Crippen LogP contribution >= 0.6 is 0 Å². The maximum absolute atomic E-state index is 12.3. The molecule has 3 rings (SSSR count). The molecule has 0 aromatic heterocycles. The first-order chi connectivity index (χ1) is 8.90. The van der Waals surface area contributed by atoms with Gasteiger partial charge in [-0.1, -0.05) is 20.3 Å². The van der Waals surface area contributed by atoms with Crippen molar-refractivity contribution in [2.75, 3.05) is 6.54 Å². The first-order valence-corrected chi connectivity index (χ1v) is 7.20. The number of urea groups is 1. The number of hydrogen-bond donors (Lipinski definition) is 2. The van der Waals surface area contributed by atoms with Crippen molar-refractivity contribution in [3.05, 3.63) is 0 Å². The molecule has 4 atom stereocenters. The molecule has 19 heavy (non-hydrogen) atoms. The number of amides is 2. The molecule has 2 amide bonds. The van der Waals surface area contributed by atoms with Crippen LogP contribution in [0.3, 0.4) is 0 Å². The molecule has 1 heterocycles. The Labute approximate surface area is 113 Å². The van der Waals surface area contributed by atoms with Crippen LogP contribution in [0.5, 0.6) is 0 Å². The predicted molar refractivity (Wildman–Crippen MR) is 69.7 cm³/mol. The van der Waals surface area contributed by atoms with Crippen LogP contribution in [0.15, 0.2) is 0 Å². The number of aliphatic carboxylic acids is 1. The molecular weight excluding hydrogens is 244 g/mol. The quantitative estimate of drug-likeness (QED) is 0.799. The van der Waals surface area contributed by atoms with E-state index in [-0.39, 0.29) is 23.4 Å². The Morgan fingerprint density at radius 1 is 1.32 bits per heavy atom. The molecule has 5 heteroatoms. The molecule has 1 saturated heterocycles. The first-order valence-electron chi connectivity index (χ1n) is 7.20. The Balaban J connectivity index is 1.69. The van der Waals surface area contributed by atoms with Crippen LogP contribution in [0.25, 0.3) is 0 Å². The SMILES string of the molecule is CC1(C)CC1NC(=O)N1CC2CCCC2C1C(=O)O. The smallest absolute Gasteiger partial charge is 0.326 e. The number of nitrogens with zero attached hydrogens (tertiary/aromatic N) is 1. The van der Waals surface area contributed by atoms with E-state index in [2.05, 4.69) is 19.2 Å². The van der Waals surface area contributed by atoms with Gasteiger partial charge in [0.15, 0.2) is 0 Å². The van der Waals surface area contributed by atoms with Crippen molar-refractivity contribution in [2.45, 2.75) is 51.6 Å². The highest BCUT2D eigenvalue weighted by Crippen LogP contribution is 2.46. The van der Waals surface area contributed by atoms with Crippen LogP contribution < -0.4 is 5.32 Å². The lowest BCUT2D eigenvalue weighted by atomic mass is 9.94. The molecule has 5 nitrogen and oxygen atoms in total. The molecule has 0 spiro atoms. The predicted octanol–water partition coefficient (Wildman–Crippen LogP) is 1.68. The van der Waals surface area contributed by atoms with Gasteiger partial charge in [-0.05, 0) is 36.5 Å². The molecule has 2 aliphatic carbocycles. The molecule has 0 aromatic rings. The summed E-state index contributed by atoms with van der Waals surface area (Å²) in [6.07, 6.45) is 4.09. The van der Waals surface area contributed by atoms with Gasteiger partial charge in [0.25, 0.3) is 0 Å². The number of fused-ring (bicyclic) bond motifs is 1. The van der Waals surface area contributed by atoms with Crippen molar-refractivity contribution in [3.8, 4) is 0 Å². The molecule has 1 aliphatic heterocycles. The van der Waals surface area contributed by atoms with Crippen LogP contribution in [0.4, 0.5) is 4.79 Å². The third kappa shape index (κ3) is 2.09. The molecule has 0 radical (unpaired) electrons. The summed E-state index contributed by atoms with van der Waals surface area (Å²) in [5.41, 5.74) is 0.171. The zero-order valence-corrected chi connectivity index (χ0v) is 11.6. The average molecular weight is 266 g/mol. The van der Waals surface area contributed by atoms with E-state index in [9.17, 15) is 14.7 Å². The highest BCUT2D eigenvalue weighted by molar-refractivity contribution is 5.84. The molecule has 0 aromatic carbocycles. The lowest BCUT2D eigenvalue weighted by molar-refractivity contribution is -0.142. The topological polar surface area (TPSA) is 69.6 Å². The molecule has 0 bridgehead atoms. The third-order valence-electron chi connectivity index (χ3n) is 5.22. The summed E-state index contributed by atoms with van der Waals surface area (Å²) in [6.45, 7) is 4.84. The van der Waals surface area contributed by atoms with E-state index in [1.807, 2.05) is 0 Å². The van der Waals surface area contributed by atoms with Crippen LogP contribution in [0, 0.1) is 17.3 Å². The summed E-state index contributed by atoms with van der Waals surface area (Å²) in [5.74, 6) is -0.297. The van der Waals surface area contributed by atoms with Crippen LogP contribution in [0.2, 0.25) is 0 Å². The fourth-order valence-electron chi connectivity index (χ4n) is 3.78. The number of hydrogen-bond acceptors (Lipinski definition) is 2. The van der Waals surface area contributed by atoms with Gasteiger partial charge in [0.1, 0.15) is 6.04 Å². The molecular formula is C14H22N2O3. The van der Waals surface area contributed by atoms with Crippen molar-refractivity contribution in [1.82, 2.24) is 10.2 Å². The van der Waals surface area contributed by atoms with Crippen molar-refractivity contribution >= 4 is 12.0 Å². The van der Waals surface area contributed by atoms with Gasteiger partial charge < -0.3 is 15.3 Å². The summed E-state index contributed by atoms with van der Waals surface area (Å²) in [6, 6.07) is -0.596. The number of carboxylic acids is 1. The van der Waals surface area contributed by atoms with Crippen molar-refractivity contribution < 1.29 is 14.7 Å².